The monoisotopic (exact) mass is 431 g/mol. The number of carbonyl (C=O) groups is 2. The summed E-state index contributed by atoms with van der Waals surface area (Å²) in [6.45, 7) is 4.20. The first kappa shape index (κ1) is 21.8. The molecule has 0 spiro atoms. The van der Waals surface area contributed by atoms with E-state index in [4.69, 9.17) is 14.2 Å². The Kier molecular flexibility index (Phi) is 6.71. The number of nitrogens with one attached hydrogen (secondary N) is 1. The van der Waals surface area contributed by atoms with Crippen molar-refractivity contribution in [3.63, 3.8) is 0 Å². The number of benzene rings is 1. The molecule has 0 aliphatic carbocycles. The summed E-state index contributed by atoms with van der Waals surface area (Å²) in [6.07, 6.45) is 0.172. The van der Waals surface area contributed by atoms with Gasteiger partial charge in [0.25, 0.3) is 0 Å². The lowest BCUT2D eigenvalue weighted by Gasteiger charge is -2.36. The maximum absolute atomic E-state index is 12.7. The molecule has 1 aromatic carbocycles. The number of amidine groups is 1. The lowest BCUT2D eigenvalue weighted by molar-refractivity contribution is -0.136. The van der Waals surface area contributed by atoms with E-state index >= 15 is 0 Å². The molecule has 2 aliphatic rings. The second-order valence-corrected chi connectivity index (χ2v) is 7.50. The Hall–Kier alpha value is -2.94. The average Bonchev–Trinajstić information content (AvgIpc) is 3.13. The molecule has 2 heterocycles. The van der Waals surface area contributed by atoms with Gasteiger partial charge in [-0.25, -0.2) is 9.79 Å². The van der Waals surface area contributed by atoms with Crippen molar-refractivity contribution in [2.75, 3.05) is 27.9 Å². The normalized spacial score (nSPS) is 17.8. The van der Waals surface area contributed by atoms with Crippen LogP contribution in [-0.4, -0.2) is 49.8 Å². The molecule has 2 aliphatic heterocycles. The number of hydrogen-bond acceptors (Lipinski definition) is 8. The molecule has 0 saturated heterocycles. The van der Waals surface area contributed by atoms with Crippen molar-refractivity contribution in [3.05, 3.63) is 46.1 Å². The zero-order valence-electron chi connectivity index (χ0n) is 17.6. The molecular weight excluding hydrogens is 406 g/mol. The third-order valence-corrected chi connectivity index (χ3v) is 5.70. The Morgan fingerprint density at radius 1 is 1.17 bits per heavy atom. The third kappa shape index (κ3) is 4.16. The molecule has 30 heavy (non-hydrogen) atoms. The van der Waals surface area contributed by atoms with E-state index in [1.165, 1.54) is 18.9 Å². The molecule has 1 atom stereocenters. The van der Waals surface area contributed by atoms with Crippen LogP contribution in [0.4, 0.5) is 0 Å². The number of thioether (sulfide) groups is 1. The van der Waals surface area contributed by atoms with Gasteiger partial charge in [0.15, 0.2) is 5.17 Å². The summed E-state index contributed by atoms with van der Waals surface area (Å²) in [6, 6.07) is 4.92. The highest BCUT2D eigenvalue weighted by Gasteiger charge is 2.41. The van der Waals surface area contributed by atoms with Gasteiger partial charge in [-0.05, 0) is 37.0 Å². The fourth-order valence-corrected chi connectivity index (χ4v) is 4.43. The number of rotatable bonds is 7. The van der Waals surface area contributed by atoms with Crippen molar-refractivity contribution < 1.29 is 23.8 Å². The van der Waals surface area contributed by atoms with E-state index < -0.39 is 12.0 Å². The van der Waals surface area contributed by atoms with E-state index in [2.05, 4.69) is 10.3 Å². The van der Waals surface area contributed by atoms with E-state index in [1.807, 2.05) is 29.4 Å². The van der Waals surface area contributed by atoms with Crippen molar-refractivity contribution in [1.29, 1.82) is 0 Å². The molecular formula is C21H25N3O5S. The fourth-order valence-electron chi connectivity index (χ4n) is 3.47. The second kappa shape index (κ2) is 9.25. The van der Waals surface area contributed by atoms with Crippen LogP contribution < -0.4 is 14.8 Å². The summed E-state index contributed by atoms with van der Waals surface area (Å²) in [7, 11) is 4.48. The highest BCUT2D eigenvalue weighted by Crippen LogP contribution is 2.46. The summed E-state index contributed by atoms with van der Waals surface area (Å²) >= 11 is 1.42. The summed E-state index contributed by atoms with van der Waals surface area (Å²) < 4.78 is 15.9. The number of hydrogen-bond donors (Lipinski definition) is 1. The molecule has 8 nitrogen and oxygen atoms in total. The van der Waals surface area contributed by atoms with Crippen molar-refractivity contribution in [2.24, 2.45) is 4.99 Å². The van der Waals surface area contributed by atoms with Crippen LogP contribution >= 0.6 is 11.8 Å². The molecule has 0 saturated carbocycles. The Morgan fingerprint density at radius 2 is 1.83 bits per heavy atom. The van der Waals surface area contributed by atoms with Gasteiger partial charge in [0.05, 0.1) is 45.1 Å². The molecule has 1 unspecified atom stereocenters. The van der Waals surface area contributed by atoms with Crippen LogP contribution in [0.15, 0.2) is 45.6 Å². The molecule has 1 N–H and O–H groups in total. The smallest absolute Gasteiger partial charge is 0.338 e. The zero-order chi connectivity index (χ0) is 21.8. The Labute approximate surface area is 180 Å². The third-order valence-electron chi connectivity index (χ3n) is 4.81. The lowest BCUT2D eigenvalue weighted by atomic mass is 9.93. The maximum atomic E-state index is 12.7. The van der Waals surface area contributed by atoms with Gasteiger partial charge in [-0.15, -0.1) is 0 Å². The first-order valence-corrected chi connectivity index (χ1v) is 10.3. The zero-order valence-corrected chi connectivity index (χ0v) is 18.5. The number of allylic oxidation sites excluding steroid dienone is 1. The van der Waals surface area contributed by atoms with Crippen molar-refractivity contribution >= 4 is 28.8 Å². The van der Waals surface area contributed by atoms with Crippen molar-refractivity contribution in [2.45, 2.75) is 26.3 Å². The number of carbonyl (C=O) groups excluding carboxylic acids is 2. The SMILES string of the molecule is CCNC(=O)CC1=CSC2=NC(C)=C(C(=O)OC)C(c3cc(OC)cc(OC)c3)N12. The minimum absolute atomic E-state index is 0.0986. The molecule has 3 rings (SSSR count). The van der Waals surface area contributed by atoms with Crippen molar-refractivity contribution in [1.82, 2.24) is 10.2 Å². The van der Waals surface area contributed by atoms with E-state index in [1.54, 1.807) is 27.2 Å². The summed E-state index contributed by atoms with van der Waals surface area (Å²) in [4.78, 5) is 31.5. The Bertz CT molecular complexity index is 932. The topological polar surface area (TPSA) is 89.5 Å². The highest BCUT2D eigenvalue weighted by molar-refractivity contribution is 8.16. The number of methoxy groups -OCH3 is 3. The van der Waals surface area contributed by atoms with E-state index in [0.29, 0.717) is 34.5 Å². The first-order chi connectivity index (χ1) is 14.4. The van der Waals surface area contributed by atoms with Gasteiger partial charge in [0, 0.05) is 18.3 Å². The van der Waals surface area contributed by atoms with Gasteiger partial charge in [0.2, 0.25) is 5.91 Å². The summed E-state index contributed by atoms with van der Waals surface area (Å²) in [5, 5.41) is 5.41. The summed E-state index contributed by atoms with van der Waals surface area (Å²) in [5.74, 6) is 0.614. The van der Waals surface area contributed by atoms with Crippen molar-refractivity contribution in [3.8, 4) is 11.5 Å². The molecule has 1 aromatic rings. The van der Waals surface area contributed by atoms with Gasteiger partial charge < -0.3 is 24.4 Å². The van der Waals surface area contributed by atoms with E-state index in [9.17, 15) is 9.59 Å². The molecule has 0 bridgehead atoms. The standard InChI is InChI=1S/C21H25N3O5S/c1-6-22-17(25)9-14-11-30-21-23-12(2)18(20(26)29-5)19(24(14)21)13-7-15(27-3)10-16(8-13)28-4/h7-8,10-11,19H,6,9H2,1-5H3,(H,22,25). The summed E-state index contributed by atoms with van der Waals surface area (Å²) in [5.41, 5.74) is 2.49. The fraction of sp³-hybridized carbons (Fsp3) is 0.381. The quantitative estimate of drug-likeness (QED) is 0.664. The minimum Gasteiger partial charge on any atom is -0.497 e. The number of ether oxygens (including phenoxy) is 3. The van der Waals surface area contributed by atoms with E-state index in [-0.39, 0.29) is 12.3 Å². The molecule has 1 amide bonds. The Morgan fingerprint density at radius 3 is 2.40 bits per heavy atom. The maximum Gasteiger partial charge on any atom is 0.338 e. The number of nitrogens with zero attached hydrogens (tertiary/aromatic N) is 2. The predicted octanol–water partition coefficient (Wildman–Crippen LogP) is 2.98. The molecule has 0 aromatic heterocycles. The average molecular weight is 432 g/mol. The van der Waals surface area contributed by atoms with Gasteiger partial charge in [-0.2, -0.15) is 0 Å². The van der Waals surface area contributed by atoms with Crippen LogP contribution in [0.25, 0.3) is 0 Å². The van der Waals surface area contributed by atoms with Gasteiger partial charge >= 0.3 is 5.97 Å². The number of amides is 1. The molecule has 160 valence electrons. The number of fused-ring (bicyclic) bond motifs is 1. The van der Waals surface area contributed by atoms with Crippen LogP contribution in [0.1, 0.15) is 31.9 Å². The predicted molar refractivity (Wildman–Crippen MR) is 115 cm³/mol. The minimum atomic E-state index is -0.537. The highest BCUT2D eigenvalue weighted by atomic mass is 32.2. The van der Waals surface area contributed by atoms with Crippen LogP contribution in [0.3, 0.4) is 0 Å². The number of aliphatic imine (C=N–C) groups is 1. The largest absolute Gasteiger partial charge is 0.497 e. The molecule has 0 radical (unpaired) electrons. The van der Waals surface area contributed by atoms with Crippen LogP contribution in [-0.2, 0) is 14.3 Å². The number of esters is 1. The molecule has 0 fully saturated rings. The first-order valence-electron chi connectivity index (χ1n) is 9.45. The van der Waals surface area contributed by atoms with Crippen LogP contribution in [0, 0.1) is 0 Å². The van der Waals surface area contributed by atoms with E-state index in [0.717, 1.165) is 11.3 Å². The van der Waals surface area contributed by atoms with Gasteiger partial charge in [-0.3, -0.25) is 4.79 Å². The van der Waals surface area contributed by atoms with Crippen LogP contribution in [0.5, 0.6) is 11.5 Å². The van der Waals surface area contributed by atoms with Gasteiger partial charge in [0.1, 0.15) is 11.5 Å². The lowest BCUT2D eigenvalue weighted by Crippen LogP contribution is -2.38. The Balaban J connectivity index is 2.13. The second-order valence-electron chi connectivity index (χ2n) is 6.66. The van der Waals surface area contributed by atoms with Gasteiger partial charge in [-0.1, -0.05) is 11.8 Å². The van der Waals surface area contributed by atoms with Crippen LogP contribution in [0.2, 0.25) is 0 Å². The molecule has 9 heteroatoms.